The number of ether oxygens (including phenoxy) is 2. The molecule has 0 N–H and O–H groups in total. The van der Waals surface area contributed by atoms with E-state index in [1.54, 1.807) is 33.9 Å². The normalized spacial score (nSPS) is 11.2. The standard InChI is InChI=1S/C13H19BrN2O4/c1-5-19-11(17)10-9(6-14)7-16(15-10)8-20-12(18)13(2,3)4/h7H,5-6,8H2,1-4H3. The summed E-state index contributed by atoms with van der Waals surface area (Å²) in [6.07, 6.45) is 1.65. The molecule has 0 radical (unpaired) electrons. The van der Waals surface area contributed by atoms with E-state index in [0.29, 0.717) is 10.9 Å². The molecule has 0 atom stereocenters. The second-order valence-electron chi connectivity index (χ2n) is 5.21. The molecule has 7 heteroatoms. The monoisotopic (exact) mass is 346 g/mol. The van der Waals surface area contributed by atoms with E-state index in [1.807, 2.05) is 0 Å². The molecule has 0 fully saturated rings. The van der Waals surface area contributed by atoms with Crippen LogP contribution in [0.1, 0.15) is 43.7 Å². The molecule has 0 bridgehead atoms. The number of esters is 2. The van der Waals surface area contributed by atoms with Crippen LogP contribution in [0, 0.1) is 5.41 Å². The fourth-order valence-corrected chi connectivity index (χ4v) is 1.75. The largest absolute Gasteiger partial charge is 0.461 e. The average molecular weight is 347 g/mol. The van der Waals surface area contributed by atoms with Crippen molar-refractivity contribution >= 4 is 27.9 Å². The quantitative estimate of drug-likeness (QED) is 0.605. The van der Waals surface area contributed by atoms with Gasteiger partial charge in [-0.1, -0.05) is 15.9 Å². The van der Waals surface area contributed by atoms with Crippen LogP contribution < -0.4 is 0 Å². The summed E-state index contributed by atoms with van der Waals surface area (Å²) in [5, 5.41) is 4.56. The van der Waals surface area contributed by atoms with E-state index >= 15 is 0 Å². The molecule has 6 nitrogen and oxygen atoms in total. The molecule has 0 aliphatic heterocycles. The van der Waals surface area contributed by atoms with Crippen LogP contribution in [0.5, 0.6) is 0 Å². The van der Waals surface area contributed by atoms with Crippen LogP contribution in [0.3, 0.4) is 0 Å². The third-order valence-electron chi connectivity index (χ3n) is 2.39. The number of hydrogen-bond donors (Lipinski definition) is 0. The number of aromatic nitrogens is 2. The lowest BCUT2D eigenvalue weighted by atomic mass is 9.98. The minimum absolute atomic E-state index is 0.0322. The van der Waals surface area contributed by atoms with Crippen LogP contribution in [0.2, 0.25) is 0 Å². The molecule has 0 unspecified atom stereocenters. The van der Waals surface area contributed by atoms with Crippen molar-refractivity contribution in [2.45, 2.75) is 39.8 Å². The number of hydrogen-bond acceptors (Lipinski definition) is 5. The van der Waals surface area contributed by atoms with Gasteiger partial charge in [-0.25, -0.2) is 9.48 Å². The maximum atomic E-state index is 11.7. The van der Waals surface area contributed by atoms with Crippen LogP contribution in [-0.2, 0) is 26.3 Å². The van der Waals surface area contributed by atoms with E-state index in [0.717, 1.165) is 0 Å². The van der Waals surface area contributed by atoms with Crippen molar-refractivity contribution in [3.8, 4) is 0 Å². The highest BCUT2D eigenvalue weighted by molar-refractivity contribution is 9.08. The highest BCUT2D eigenvalue weighted by Crippen LogP contribution is 2.16. The van der Waals surface area contributed by atoms with Crippen molar-refractivity contribution in [3.05, 3.63) is 17.5 Å². The van der Waals surface area contributed by atoms with Crippen molar-refractivity contribution in [3.63, 3.8) is 0 Å². The number of nitrogens with zero attached hydrogens (tertiary/aromatic N) is 2. The summed E-state index contributed by atoms with van der Waals surface area (Å²) in [6.45, 7) is 7.29. The number of halogens is 1. The van der Waals surface area contributed by atoms with Gasteiger partial charge in [0, 0.05) is 17.1 Å². The second-order valence-corrected chi connectivity index (χ2v) is 5.77. The van der Waals surface area contributed by atoms with E-state index in [4.69, 9.17) is 9.47 Å². The Kier molecular flexibility index (Phi) is 5.74. The summed E-state index contributed by atoms with van der Waals surface area (Å²) in [5.74, 6) is -0.811. The molecule has 0 aromatic carbocycles. The predicted molar refractivity (Wildman–Crippen MR) is 76.4 cm³/mol. The summed E-state index contributed by atoms with van der Waals surface area (Å²) in [5.41, 5.74) is 0.348. The third-order valence-corrected chi connectivity index (χ3v) is 2.99. The van der Waals surface area contributed by atoms with Crippen molar-refractivity contribution in [2.75, 3.05) is 6.61 Å². The highest BCUT2D eigenvalue weighted by atomic mass is 79.9. The maximum absolute atomic E-state index is 11.7. The molecule has 0 aliphatic carbocycles. The molecule has 0 amide bonds. The van der Waals surface area contributed by atoms with Crippen molar-refractivity contribution in [1.82, 2.24) is 9.78 Å². The fourth-order valence-electron chi connectivity index (χ4n) is 1.34. The van der Waals surface area contributed by atoms with Gasteiger partial charge in [0.2, 0.25) is 0 Å². The molecule has 1 aromatic heterocycles. The molecule has 1 heterocycles. The zero-order chi connectivity index (χ0) is 15.3. The third kappa shape index (κ3) is 4.33. The SMILES string of the molecule is CCOC(=O)c1nn(COC(=O)C(C)(C)C)cc1CBr. The van der Waals surface area contributed by atoms with Crippen LogP contribution in [0.4, 0.5) is 0 Å². The maximum Gasteiger partial charge on any atom is 0.359 e. The number of carbonyl (C=O) groups excluding carboxylic acids is 2. The number of rotatable bonds is 5. The summed E-state index contributed by atoms with van der Waals surface area (Å²) >= 11 is 3.28. The van der Waals surface area contributed by atoms with Gasteiger partial charge in [0.25, 0.3) is 0 Å². The van der Waals surface area contributed by atoms with E-state index < -0.39 is 11.4 Å². The molecule has 0 saturated heterocycles. The number of carbonyl (C=O) groups is 2. The Hall–Kier alpha value is -1.37. The number of alkyl halides is 1. The van der Waals surface area contributed by atoms with E-state index in [9.17, 15) is 9.59 Å². The van der Waals surface area contributed by atoms with E-state index in [1.165, 1.54) is 4.68 Å². The average Bonchev–Trinajstić information content (AvgIpc) is 2.78. The molecule has 1 rings (SSSR count). The van der Waals surface area contributed by atoms with E-state index in [-0.39, 0.29) is 25.0 Å². The van der Waals surface area contributed by atoms with Gasteiger partial charge in [-0.15, -0.1) is 0 Å². The summed E-state index contributed by atoms with van der Waals surface area (Å²) in [7, 11) is 0. The van der Waals surface area contributed by atoms with E-state index in [2.05, 4.69) is 21.0 Å². The molecule has 112 valence electrons. The lowest BCUT2D eigenvalue weighted by Gasteiger charge is -2.16. The first-order valence-corrected chi connectivity index (χ1v) is 7.38. The molecule has 20 heavy (non-hydrogen) atoms. The van der Waals surface area contributed by atoms with Gasteiger partial charge >= 0.3 is 11.9 Å². The van der Waals surface area contributed by atoms with Crippen molar-refractivity contribution in [1.29, 1.82) is 0 Å². The van der Waals surface area contributed by atoms with Gasteiger partial charge in [-0.3, -0.25) is 4.79 Å². The first kappa shape index (κ1) is 16.7. The highest BCUT2D eigenvalue weighted by Gasteiger charge is 2.23. The lowest BCUT2D eigenvalue weighted by molar-refractivity contribution is -0.157. The van der Waals surface area contributed by atoms with Crippen LogP contribution in [0.25, 0.3) is 0 Å². The van der Waals surface area contributed by atoms with Gasteiger partial charge in [0.05, 0.1) is 12.0 Å². The molecule has 0 saturated carbocycles. The zero-order valence-corrected chi connectivity index (χ0v) is 13.7. The zero-order valence-electron chi connectivity index (χ0n) is 12.1. The molecular formula is C13H19BrN2O4. The Labute approximate surface area is 126 Å². The Morgan fingerprint density at radius 2 is 2.00 bits per heavy atom. The summed E-state index contributed by atoms with van der Waals surface area (Å²) in [6, 6.07) is 0. The molecular weight excluding hydrogens is 328 g/mol. The minimum Gasteiger partial charge on any atom is -0.461 e. The molecule has 1 aromatic rings. The Morgan fingerprint density at radius 3 is 2.50 bits per heavy atom. The van der Waals surface area contributed by atoms with Crippen LogP contribution in [-0.4, -0.2) is 28.3 Å². The minimum atomic E-state index is -0.574. The Bertz CT molecular complexity index is 491. The van der Waals surface area contributed by atoms with Gasteiger partial charge < -0.3 is 9.47 Å². The molecule has 0 aliphatic rings. The van der Waals surface area contributed by atoms with Gasteiger partial charge in [0.15, 0.2) is 12.4 Å². The molecule has 0 spiro atoms. The topological polar surface area (TPSA) is 70.4 Å². The van der Waals surface area contributed by atoms with Gasteiger partial charge in [-0.2, -0.15) is 5.10 Å². The Balaban J connectivity index is 2.78. The van der Waals surface area contributed by atoms with Crippen molar-refractivity contribution in [2.24, 2.45) is 5.41 Å². The first-order chi connectivity index (χ1) is 9.29. The van der Waals surface area contributed by atoms with Crippen LogP contribution >= 0.6 is 15.9 Å². The van der Waals surface area contributed by atoms with Gasteiger partial charge in [-0.05, 0) is 27.7 Å². The Morgan fingerprint density at radius 1 is 1.35 bits per heavy atom. The fraction of sp³-hybridized carbons (Fsp3) is 0.615. The summed E-state index contributed by atoms with van der Waals surface area (Å²) in [4.78, 5) is 23.4. The predicted octanol–water partition coefficient (Wildman–Crippen LogP) is 2.50. The summed E-state index contributed by atoms with van der Waals surface area (Å²) < 4.78 is 11.5. The smallest absolute Gasteiger partial charge is 0.359 e. The first-order valence-electron chi connectivity index (χ1n) is 6.26. The lowest BCUT2D eigenvalue weighted by Crippen LogP contribution is -2.24. The van der Waals surface area contributed by atoms with Crippen LogP contribution in [0.15, 0.2) is 6.20 Å². The van der Waals surface area contributed by atoms with Crippen molar-refractivity contribution < 1.29 is 19.1 Å². The van der Waals surface area contributed by atoms with Gasteiger partial charge in [0.1, 0.15) is 0 Å². The second kappa shape index (κ2) is 6.88.